The molecule has 1 fully saturated rings. The van der Waals surface area contributed by atoms with Crippen LogP contribution in [0.1, 0.15) is 43.2 Å². The Morgan fingerprint density at radius 3 is 2.24 bits per heavy atom. The summed E-state index contributed by atoms with van der Waals surface area (Å²) in [6.45, 7) is 1.43. The summed E-state index contributed by atoms with van der Waals surface area (Å²) >= 11 is 0. The molecule has 2 aromatic rings. The Bertz CT molecular complexity index is 1040. The van der Waals surface area contributed by atoms with E-state index >= 15 is 0 Å². The van der Waals surface area contributed by atoms with Crippen LogP contribution in [0, 0.1) is 5.92 Å². The highest BCUT2D eigenvalue weighted by atomic mass is 16.5. The van der Waals surface area contributed by atoms with Crippen molar-refractivity contribution in [1.82, 2.24) is 10.6 Å². The number of fused-ring (bicyclic) bond motifs is 3. The van der Waals surface area contributed by atoms with E-state index < -0.39 is 35.5 Å². The van der Waals surface area contributed by atoms with E-state index in [-0.39, 0.29) is 19.1 Å². The third-order valence-corrected chi connectivity index (χ3v) is 6.80. The van der Waals surface area contributed by atoms with Gasteiger partial charge in [0.25, 0.3) is 0 Å². The number of amides is 2. The first kappa shape index (κ1) is 23.8. The van der Waals surface area contributed by atoms with Gasteiger partial charge in [0.1, 0.15) is 6.61 Å². The van der Waals surface area contributed by atoms with Gasteiger partial charge in [-0.2, -0.15) is 0 Å². The molecule has 0 bridgehead atoms. The van der Waals surface area contributed by atoms with Gasteiger partial charge in [-0.1, -0.05) is 55.0 Å². The molecular weight excluding hydrogens is 436 g/mol. The topological polar surface area (TPSA) is 114 Å². The number of ether oxygens (including phenoxy) is 2. The quantitative estimate of drug-likeness (QED) is 0.550. The number of carbonyl (C=O) groups is 3. The molecule has 0 radical (unpaired) electrons. The van der Waals surface area contributed by atoms with Crippen LogP contribution in [0.3, 0.4) is 0 Å². The zero-order valence-corrected chi connectivity index (χ0v) is 19.4. The zero-order chi connectivity index (χ0) is 24.3. The summed E-state index contributed by atoms with van der Waals surface area (Å²) in [6, 6.07) is 15.8. The Labute approximate surface area is 198 Å². The van der Waals surface area contributed by atoms with Gasteiger partial charge in [0, 0.05) is 19.1 Å². The number of rotatable bonds is 8. The third kappa shape index (κ3) is 4.63. The Hall–Kier alpha value is -3.39. The largest absolute Gasteiger partial charge is 0.479 e. The molecule has 3 atom stereocenters. The van der Waals surface area contributed by atoms with E-state index in [9.17, 15) is 19.5 Å². The van der Waals surface area contributed by atoms with Crippen LogP contribution < -0.4 is 10.6 Å². The Morgan fingerprint density at radius 1 is 1.03 bits per heavy atom. The monoisotopic (exact) mass is 466 g/mol. The Balaban J connectivity index is 1.38. The molecule has 0 aromatic heterocycles. The minimum absolute atomic E-state index is 0.0499. The van der Waals surface area contributed by atoms with Crippen LogP contribution in [0.2, 0.25) is 0 Å². The first-order valence-corrected chi connectivity index (χ1v) is 11.5. The number of benzene rings is 2. The van der Waals surface area contributed by atoms with Crippen LogP contribution in [-0.4, -0.2) is 55.0 Å². The lowest BCUT2D eigenvalue weighted by Gasteiger charge is -2.28. The molecular formula is C26H30N2O6. The molecule has 2 aromatic carbocycles. The highest BCUT2D eigenvalue weighted by Gasteiger charge is 2.41. The van der Waals surface area contributed by atoms with E-state index in [1.807, 2.05) is 24.3 Å². The number of carbonyl (C=O) groups excluding carboxylic acids is 2. The van der Waals surface area contributed by atoms with Crippen molar-refractivity contribution in [2.24, 2.45) is 5.92 Å². The van der Waals surface area contributed by atoms with Gasteiger partial charge >= 0.3 is 12.1 Å². The predicted octanol–water partition coefficient (Wildman–Crippen LogP) is 3.30. The normalized spacial score (nSPS) is 20.6. The maximum Gasteiger partial charge on any atom is 0.407 e. The van der Waals surface area contributed by atoms with Crippen LogP contribution in [0.15, 0.2) is 48.5 Å². The smallest absolute Gasteiger partial charge is 0.407 e. The summed E-state index contributed by atoms with van der Waals surface area (Å²) in [6.07, 6.45) is 1.35. The first-order chi connectivity index (χ1) is 16.3. The SMILES string of the molecule is COCC(C)(NC(=O)[C@@H]1CCC[C@@H]1NC(=O)OCC1c2ccccc2-c2ccccc21)C(=O)O. The number of hydrogen-bond donors (Lipinski definition) is 3. The molecule has 180 valence electrons. The number of alkyl carbamates (subject to hydrolysis) is 1. The lowest BCUT2D eigenvalue weighted by atomic mass is 9.98. The van der Waals surface area contributed by atoms with Gasteiger partial charge in [-0.3, -0.25) is 4.79 Å². The van der Waals surface area contributed by atoms with Crippen molar-refractivity contribution >= 4 is 18.0 Å². The lowest BCUT2D eigenvalue weighted by molar-refractivity contribution is -0.150. The molecule has 4 rings (SSSR count). The zero-order valence-electron chi connectivity index (χ0n) is 19.4. The minimum Gasteiger partial charge on any atom is -0.479 e. The van der Waals surface area contributed by atoms with Crippen molar-refractivity contribution in [2.45, 2.75) is 43.7 Å². The van der Waals surface area contributed by atoms with E-state index in [0.717, 1.165) is 28.7 Å². The average molecular weight is 467 g/mol. The molecule has 8 heteroatoms. The second kappa shape index (κ2) is 9.85. The van der Waals surface area contributed by atoms with Gasteiger partial charge in [0.2, 0.25) is 5.91 Å². The summed E-state index contributed by atoms with van der Waals surface area (Å²) in [5.41, 5.74) is 3.01. The summed E-state index contributed by atoms with van der Waals surface area (Å²) < 4.78 is 10.6. The molecule has 8 nitrogen and oxygen atoms in total. The molecule has 0 saturated heterocycles. The molecule has 0 aliphatic heterocycles. The molecule has 2 aliphatic carbocycles. The highest BCUT2D eigenvalue weighted by molar-refractivity contribution is 5.88. The molecule has 0 heterocycles. The molecule has 1 unspecified atom stereocenters. The van der Waals surface area contributed by atoms with E-state index in [2.05, 4.69) is 34.9 Å². The van der Waals surface area contributed by atoms with E-state index in [1.165, 1.54) is 14.0 Å². The third-order valence-electron chi connectivity index (χ3n) is 6.80. The Morgan fingerprint density at radius 2 is 1.65 bits per heavy atom. The van der Waals surface area contributed by atoms with Gasteiger partial charge in [-0.15, -0.1) is 0 Å². The van der Waals surface area contributed by atoms with Crippen molar-refractivity contribution in [2.75, 3.05) is 20.3 Å². The van der Waals surface area contributed by atoms with E-state index in [0.29, 0.717) is 12.8 Å². The summed E-state index contributed by atoms with van der Waals surface area (Å²) in [5, 5.41) is 14.9. The number of methoxy groups -OCH3 is 1. The molecule has 2 aliphatic rings. The fourth-order valence-corrected chi connectivity index (χ4v) is 5.04. The van der Waals surface area contributed by atoms with Gasteiger partial charge < -0.3 is 25.2 Å². The fraction of sp³-hybridized carbons (Fsp3) is 0.423. The van der Waals surface area contributed by atoms with Crippen molar-refractivity contribution in [1.29, 1.82) is 0 Å². The van der Waals surface area contributed by atoms with Crippen LogP contribution in [0.25, 0.3) is 11.1 Å². The number of carboxylic acid groups (broad SMARTS) is 1. The molecule has 34 heavy (non-hydrogen) atoms. The number of nitrogens with one attached hydrogen (secondary N) is 2. The van der Waals surface area contributed by atoms with E-state index in [1.54, 1.807) is 0 Å². The van der Waals surface area contributed by atoms with Gasteiger partial charge in [-0.25, -0.2) is 9.59 Å². The maximum absolute atomic E-state index is 12.9. The predicted molar refractivity (Wildman–Crippen MR) is 125 cm³/mol. The lowest BCUT2D eigenvalue weighted by Crippen LogP contribution is -2.58. The molecule has 3 N–H and O–H groups in total. The molecule has 1 saturated carbocycles. The molecule has 2 amide bonds. The van der Waals surface area contributed by atoms with Crippen molar-refractivity contribution < 1.29 is 29.0 Å². The number of aliphatic carboxylic acids is 1. The average Bonchev–Trinajstić information content (AvgIpc) is 3.40. The summed E-state index contributed by atoms with van der Waals surface area (Å²) in [5.74, 6) is -2.17. The van der Waals surface area contributed by atoms with Crippen molar-refractivity contribution in [3.05, 3.63) is 59.7 Å². The summed E-state index contributed by atoms with van der Waals surface area (Å²) in [4.78, 5) is 37.1. The fourth-order valence-electron chi connectivity index (χ4n) is 5.04. The second-order valence-electron chi connectivity index (χ2n) is 9.17. The van der Waals surface area contributed by atoms with E-state index in [4.69, 9.17) is 9.47 Å². The second-order valence-corrected chi connectivity index (χ2v) is 9.17. The number of carboxylic acids is 1. The van der Waals surface area contributed by atoms with Gasteiger partial charge in [-0.05, 0) is 42.0 Å². The van der Waals surface area contributed by atoms with Gasteiger partial charge in [0.15, 0.2) is 5.54 Å². The van der Waals surface area contributed by atoms with Crippen LogP contribution in [0.5, 0.6) is 0 Å². The van der Waals surface area contributed by atoms with Gasteiger partial charge in [0.05, 0.1) is 12.5 Å². The van der Waals surface area contributed by atoms with Crippen LogP contribution >= 0.6 is 0 Å². The number of hydrogen-bond acceptors (Lipinski definition) is 5. The maximum atomic E-state index is 12.9. The van der Waals surface area contributed by atoms with Crippen molar-refractivity contribution in [3.63, 3.8) is 0 Å². The van der Waals surface area contributed by atoms with Crippen LogP contribution in [-0.2, 0) is 19.1 Å². The summed E-state index contributed by atoms with van der Waals surface area (Å²) in [7, 11) is 1.38. The first-order valence-electron chi connectivity index (χ1n) is 11.5. The standard InChI is InChI=1S/C26H30N2O6/c1-26(15-33-2,24(30)31)28-23(29)20-12-7-13-22(20)27-25(32)34-14-21-18-10-5-3-8-16(18)17-9-4-6-11-19(17)21/h3-6,8-11,20-22H,7,12-15H2,1-2H3,(H,27,32)(H,28,29)(H,30,31)/t20-,22+,26?/m1/s1. The van der Waals surface area contributed by atoms with Crippen molar-refractivity contribution in [3.8, 4) is 11.1 Å². The highest BCUT2D eigenvalue weighted by Crippen LogP contribution is 2.44. The Kier molecular flexibility index (Phi) is 6.88. The molecule has 0 spiro atoms. The minimum atomic E-state index is -1.54. The van der Waals surface area contributed by atoms with Crippen LogP contribution in [0.4, 0.5) is 4.79 Å².